The fourth-order valence-electron chi connectivity index (χ4n) is 8.26. The lowest BCUT2D eigenvalue weighted by atomic mass is 10.1. The van der Waals surface area contributed by atoms with E-state index >= 15 is 0 Å². The lowest BCUT2D eigenvalue weighted by Crippen LogP contribution is -2.30. The van der Waals surface area contributed by atoms with Gasteiger partial charge in [0.05, 0.1) is 26.4 Å². The maximum absolute atomic E-state index is 12.9. The average molecular weight is 1290 g/mol. The zero-order valence-corrected chi connectivity index (χ0v) is 56.6. The maximum Gasteiger partial charge on any atom is 0.472 e. The number of ether oxygens (including phenoxy) is 3. The molecule has 0 aromatic carbocycles. The van der Waals surface area contributed by atoms with E-state index < -0.39 is 91.5 Å². The van der Waals surface area contributed by atoms with Gasteiger partial charge in [-0.05, 0) is 135 Å². The molecule has 0 heterocycles. The minimum atomic E-state index is -4.94. The summed E-state index contributed by atoms with van der Waals surface area (Å²) in [4.78, 5) is 58.4. The normalized spacial score (nSPS) is 15.1. The lowest BCUT2D eigenvalue weighted by molar-refractivity contribution is -0.161. The summed E-state index contributed by atoms with van der Waals surface area (Å²) in [6, 6.07) is 0. The van der Waals surface area contributed by atoms with Crippen LogP contribution in [0.3, 0.4) is 0 Å². The van der Waals surface area contributed by atoms with Crippen LogP contribution in [-0.4, -0.2) is 95.9 Å². The molecule has 5 unspecified atom stereocenters. The average Bonchev–Trinajstić information content (AvgIpc) is 3.67. The highest BCUT2D eigenvalue weighted by Crippen LogP contribution is 2.45. The van der Waals surface area contributed by atoms with Crippen molar-refractivity contribution >= 4 is 33.6 Å². The molecule has 0 spiro atoms. The zero-order valence-electron chi connectivity index (χ0n) is 54.8. The summed E-state index contributed by atoms with van der Waals surface area (Å²) in [6.45, 7) is 2.31. The van der Waals surface area contributed by atoms with Crippen LogP contribution < -0.4 is 0 Å². The Hall–Kier alpha value is -4.31. The molecule has 18 heteroatoms. The number of aliphatic hydroxyl groups is 2. The summed E-state index contributed by atoms with van der Waals surface area (Å²) in [5.41, 5.74) is 0. The zero-order chi connectivity index (χ0) is 65.3. The lowest BCUT2D eigenvalue weighted by Gasteiger charge is -2.21. The summed E-state index contributed by atoms with van der Waals surface area (Å²) in [5.74, 6) is -1.65. The van der Waals surface area contributed by atoms with Gasteiger partial charge in [0.15, 0.2) is 6.10 Å². The van der Waals surface area contributed by atoms with E-state index in [1.54, 1.807) is 0 Å². The Labute approximate surface area is 537 Å². The molecular formula is C71H118O16P2. The van der Waals surface area contributed by atoms with Crippen molar-refractivity contribution in [3.63, 3.8) is 0 Å². The second-order valence-corrected chi connectivity index (χ2v) is 24.8. The highest BCUT2D eigenvalue weighted by Gasteiger charge is 2.29. The molecule has 0 aliphatic rings. The Balaban J connectivity index is 4.77. The molecule has 0 aromatic rings. The third-order valence-corrected chi connectivity index (χ3v) is 15.2. The maximum atomic E-state index is 12.9. The first-order chi connectivity index (χ1) is 43.2. The minimum Gasteiger partial charge on any atom is -0.463 e. The standard InChI is InChI=1S/C71H118O16P2/c1-4-7-10-13-16-19-22-25-28-31-32-35-37-39-42-45-48-51-54-57-69(74)81-60-66(72)61-83-88(77,78)84-62-67(73)63-85-89(79,80)86-65-68(87-71(76)59-56-53-50-47-44-41-38-34-30-27-24-21-18-15-12-9-6-3)64-82-70(75)58-55-52-49-46-43-40-36-33-29-26-23-20-17-14-11-8-5-2/h8-9,11-12,16-21,25-30,32,35-36,38,40-41,66-68,72-73H,4-7,10,13-15,22-24,31,33-34,37,39,42-65H2,1-3H3,(H,77,78)(H,79,80)/b11-8-,12-9-,19-16-,20-17-,21-18-,28-25-,29-26-,30-27-,35-32-,40-36-,41-38-. The Kier molecular flexibility index (Phi) is 60.7. The van der Waals surface area contributed by atoms with Crippen molar-refractivity contribution in [3.8, 4) is 0 Å². The van der Waals surface area contributed by atoms with Crippen LogP contribution in [0.25, 0.3) is 0 Å². The molecular weight excluding hydrogens is 1170 g/mol. The predicted octanol–water partition coefficient (Wildman–Crippen LogP) is 18.4. The number of hydrogen-bond donors (Lipinski definition) is 4. The topological polar surface area (TPSA) is 231 Å². The van der Waals surface area contributed by atoms with Crippen molar-refractivity contribution in [1.82, 2.24) is 0 Å². The SMILES string of the molecule is CC/C=C\C/C=C\C/C=C\C/C=C\CCCCCCC(=O)OCC(COP(=O)(O)OCC(O)COP(=O)(O)OCC(O)COC(=O)CCCCCCCC/C=C\C/C=C\C/C=C\CCCCC)OC(=O)CCCCCC/C=C\C/C=C\C/C=C\C/C=C\CC. The molecule has 0 saturated heterocycles. The number of hydrogen-bond acceptors (Lipinski definition) is 14. The van der Waals surface area contributed by atoms with Crippen LogP contribution in [0.1, 0.15) is 239 Å². The molecule has 0 aromatic heterocycles. The van der Waals surface area contributed by atoms with Crippen molar-refractivity contribution < 1.29 is 75.8 Å². The van der Waals surface area contributed by atoms with E-state index in [0.29, 0.717) is 19.3 Å². The predicted molar refractivity (Wildman–Crippen MR) is 362 cm³/mol. The van der Waals surface area contributed by atoms with E-state index in [9.17, 15) is 43.5 Å². The molecule has 508 valence electrons. The first-order valence-electron chi connectivity index (χ1n) is 33.5. The first-order valence-corrected chi connectivity index (χ1v) is 36.5. The molecule has 16 nitrogen and oxygen atoms in total. The Morgan fingerprint density at radius 3 is 0.944 bits per heavy atom. The second kappa shape index (κ2) is 63.8. The fraction of sp³-hybridized carbons (Fsp3) is 0.648. The van der Waals surface area contributed by atoms with Crippen LogP contribution in [0.2, 0.25) is 0 Å². The van der Waals surface area contributed by atoms with Crippen LogP contribution in [0.4, 0.5) is 0 Å². The van der Waals surface area contributed by atoms with E-state index in [-0.39, 0.29) is 19.3 Å². The van der Waals surface area contributed by atoms with Crippen LogP contribution in [0.15, 0.2) is 134 Å². The molecule has 0 rings (SSSR count). The number of phosphoric acid groups is 2. The van der Waals surface area contributed by atoms with Crippen LogP contribution in [0, 0.1) is 0 Å². The van der Waals surface area contributed by atoms with Gasteiger partial charge in [-0.15, -0.1) is 0 Å². The minimum absolute atomic E-state index is 0.0657. The van der Waals surface area contributed by atoms with E-state index in [1.807, 2.05) is 0 Å². The summed E-state index contributed by atoms with van der Waals surface area (Å²) < 4.78 is 60.8. The Morgan fingerprint density at radius 2 is 0.596 bits per heavy atom. The monoisotopic (exact) mass is 1290 g/mol. The highest BCUT2D eigenvalue weighted by atomic mass is 31.2. The number of phosphoric ester groups is 2. The van der Waals surface area contributed by atoms with Crippen molar-refractivity contribution in [2.24, 2.45) is 0 Å². The summed E-state index contributed by atoms with van der Waals surface area (Å²) >= 11 is 0. The number of esters is 3. The van der Waals surface area contributed by atoms with Crippen molar-refractivity contribution in [2.75, 3.05) is 39.6 Å². The molecule has 0 aliphatic heterocycles. The van der Waals surface area contributed by atoms with Gasteiger partial charge in [-0.2, -0.15) is 0 Å². The first kappa shape index (κ1) is 84.7. The van der Waals surface area contributed by atoms with E-state index in [1.165, 1.54) is 19.3 Å². The molecule has 89 heavy (non-hydrogen) atoms. The molecule has 5 atom stereocenters. The summed E-state index contributed by atoms with van der Waals surface area (Å²) in [6.07, 6.45) is 73.6. The number of allylic oxidation sites excluding steroid dienone is 22. The third-order valence-electron chi connectivity index (χ3n) is 13.3. The molecule has 0 radical (unpaired) electrons. The van der Waals surface area contributed by atoms with Crippen molar-refractivity contribution in [2.45, 2.75) is 257 Å². The molecule has 0 saturated carbocycles. The number of unbranched alkanes of at least 4 members (excludes halogenated alkanes) is 17. The van der Waals surface area contributed by atoms with Gasteiger partial charge in [0.2, 0.25) is 0 Å². The van der Waals surface area contributed by atoms with Crippen LogP contribution in [-0.2, 0) is 55.8 Å². The molecule has 0 fully saturated rings. The number of carbonyl (C=O) groups excluding carboxylic acids is 3. The quantitative estimate of drug-likeness (QED) is 0.0146. The summed E-state index contributed by atoms with van der Waals surface area (Å²) in [7, 11) is -9.80. The smallest absolute Gasteiger partial charge is 0.463 e. The van der Waals surface area contributed by atoms with Crippen molar-refractivity contribution in [3.05, 3.63) is 134 Å². The largest absolute Gasteiger partial charge is 0.472 e. The van der Waals surface area contributed by atoms with Gasteiger partial charge < -0.3 is 34.2 Å². The van der Waals surface area contributed by atoms with Gasteiger partial charge in [0.25, 0.3) is 0 Å². The molecule has 0 amide bonds. The second-order valence-electron chi connectivity index (χ2n) is 21.9. The van der Waals surface area contributed by atoms with E-state index in [4.69, 9.17) is 32.3 Å². The fourth-order valence-corrected chi connectivity index (χ4v) is 9.85. The van der Waals surface area contributed by atoms with E-state index in [2.05, 4.69) is 154 Å². The number of rotatable bonds is 62. The molecule has 0 aliphatic carbocycles. The number of carbonyl (C=O) groups is 3. The van der Waals surface area contributed by atoms with Gasteiger partial charge >= 0.3 is 33.6 Å². The van der Waals surface area contributed by atoms with Crippen molar-refractivity contribution in [1.29, 1.82) is 0 Å². The molecule has 4 N–H and O–H groups in total. The van der Waals surface area contributed by atoms with Crippen LogP contribution >= 0.6 is 15.6 Å². The third kappa shape index (κ3) is 65.0. The van der Waals surface area contributed by atoms with Gasteiger partial charge in [-0.25, -0.2) is 9.13 Å². The van der Waals surface area contributed by atoms with Gasteiger partial charge in [-0.1, -0.05) is 219 Å². The van der Waals surface area contributed by atoms with Crippen LogP contribution in [0.5, 0.6) is 0 Å². The highest BCUT2D eigenvalue weighted by molar-refractivity contribution is 7.47. The van der Waals surface area contributed by atoms with Gasteiger partial charge in [0.1, 0.15) is 25.4 Å². The van der Waals surface area contributed by atoms with Gasteiger partial charge in [-0.3, -0.25) is 32.5 Å². The summed E-state index contributed by atoms with van der Waals surface area (Å²) in [5, 5.41) is 20.5. The number of aliphatic hydroxyl groups excluding tert-OH is 2. The Morgan fingerprint density at radius 1 is 0.326 bits per heavy atom. The Bertz CT molecular complexity index is 2160. The molecule has 0 bridgehead atoms. The van der Waals surface area contributed by atoms with Gasteiger partial charge in [0, 0.05) is 19.3 Å². The van der Waals surface area contributed by atoms with E-state index in [0.717, 1.165) is 161 Å².